The molecule has 4 nitrogen and oxygen atoms in total. The quantitative estimate of drug-likeness (QED) is 0.928. The van der Waals surface area contributed by atoms with E-state index in [0.29, 0.717) is 17.4 Å². The Morgan fingerprint density at radius 2 is 2.11 bits per heavy atom. The molecule has 0 radical (unpaired) electrons. The van der Waals surface area contributed by atoms with Crippen molar-refractivity contribution in [1.29, 1.82) is 0 Å². The molecule has 5 heteroatoms. The van der Waals surface area contributed by atoms with Gasteiger partial charge in [-0.05, 0) is 31.0 Å². The van der Waals surface area contributed by atoms with Crippen LogP contribution < -0.4 is 10.5 Å². The third-order valence-electron chi connectivity index (χ3n) is 2.88. The van der Waals surface area contributed by atoms with Crippen molar-refractivity contribution in [3.8, 4) is 5.75 Å². The van der Waals surface area contributed by atoms with Crippen LogP contribution in [0.4, 0.5) is 5.82 Å². The van der Waals surface area contributed by atoms with Crippen molar-refractivity contribution in [3.63, 3.8) is 0 Å². The molecule has 2 N–H and O–H groups in total. The zero-order valence-electron chi connectivity index (χ0n) is 10.7. The Labute approximate surface area is 111 Å². The number of halogens is 1. The molecule has 0 saturated heterocycles. The topological polar surface area (TPSA) is 53.1 Å². The zero-order chi connectivity index (χ0) is 13.3. The molecule has 0 spiro atoms. The number of methoxy groups -OCH3 is 1. The van der Waals surface area contributed by atoms with Gasteiger partial charge in [0.15, 0.2) is 0 Å². The van der Waals surface area contributed by atoms with Crippen LogP contribution in [0.5, 0.6) is 5.75 Å². The Morgan fingerprint density at radius 3 is 2.61 bits per heavy atom. The van der Waals surface area contributed by atoms with Gasteiger partial charge >= 0.3 is 0 Å². The van der Waals surface area contributed by atoms with E-state index in [9.17, 15) is 0 Å². The van der Waals surface area contributed by atoms with Crippen LogP contribution in [0.15, 0.2) is 18.2 Å². The molecule has 1 aromatic heterocycles. The molecular weight excluding hydrogens is 250 g/mol. The van der Waals surface area contributed by atoms with E-state index in [2.05, 4.69) is 11.2 Å². The molecule has 0 amide bonds. The van der Waals surface area contributed by atoms with Gasteiger partial charge in [0.2, 0.25) is 0 Å². The van der Waals surface area contributed by atoms with E-state index in [1.165, 1.54) is 0 Å². The third kappa shape index (κ3) is 2.29. The minimum atomic E-state index is 0.502. The highest BCUT2D eigenvalue weighted by Crippen LogP contribution is 2.24. The molecule has 1 heterocycles. The molecular formula is C13H16ClN3O. The molecule has 2 rings (SSSR count). The van der Waals surface area contributed by atoms with E-state index in [0.717, 1.165) is 22.6 Å². The maximum absolute atomic E-state index is 6.02. The lowest BCUT2D eigenvalue weighted by molar-refractivity contribution is 0.411. The van der Waals surface area contributed by atoms with Gasteiger partial charge in [-0.3, -0.25) is 0 Å². The fraction of sp³-hybridized carbons (Fsp3) is 0.308. The van der Waals surface area contributed by atoms with Crippen LogP contribution >= 0.6 is 11.6 Å². The number of ether oxygens (including phenoxy) is 1. The number of rotatable bonds is 3. The summed E-state index contributed by atoms with van der Waals surface area (Å²) >= 11 is 6.02. The summed E-state index contributed by atoms with van der Waals surface area (Å²) in [6.45, 7) is 4.45. The molecule has 0 atom stereocenters. The van der Waals surface area contributed by atoms with Gasteiger partial charge < -0.3 is 10.5 Å². The molecule has 0 saturated carbocycles. The van der Waals surface area contributed by atoms with Crippen molar-refractivity contribution < 1.29 is 4.74 Å². The van der Waals surface area contributed by atoms with Crippen molar-refractivity contribution in [3.05, 3.63) is 40.0 Å². The molecule has 0 aliphatic heterocycles. The summed E-state index contributed by atoms with van der Waals surface area (Å²) in [6, 6.07) is 6.00. The van der Waals surface area contributed by atoms with Crippen LogP contribution in [-0.2, 0) is 6.54 Å². The molecule has 18 heavy (non-hydrogen) atoms. The molecule has 0 aliphatic rings. The average molecular weight is 266 g/mol. The average Bonchev–Trinajstić information content (AvgIpc) is 2.57. The van der Waals surface area contributed by atoms with Crippen molar-refractivity contribution in [2.24, 2.45) is 0 Å². The van der Waals surface area contributed by atoms with E-state index >= 15 is 0 Å². The molecule has 96 valence electrons. The monoisotopic (exact) mass is 265 g/mol. The third-order valence-corrected chi connectivity index (χ3v) is 3.35. The summed E-state index contributed by atoms with van der Waals surface area (Å²) < 4.78 is 6.94. The summed E-state index contributed by atoms with van der Waals surface area (Å²) in [4.78, 5) is 0. The van der Waals surface area contributed by atoms with E-state index in [-0.39, 0.29) is 0 Å². The predicted molar refractivity (Wildman–Crippen MR) is 73.2 cm³/mol. The van der Waals surface area contributed by atoms with Crippen molar-refractivity contribution in [1.82, 2.24) is 9.78 Å². The van der Waals surface area contributed by atoms with E-state index in [1.807, 2.05) is 26.0 Å². The second kappa shape index (κ2) is 4.90. The summed E-state index contributed by atoms with van der Waals surface area (Å²) in [5, 5.41) is 4.83. The lowest BCUT2D eigenvalue weighted by atomic mass is 10.1. The Kier molecular flexibility index (Phi) is 3.48. The van der Waals surface area contributed by atoms with Crippen LogP contribution in [0.2, 0.25) is 5.02 Å². The molecule has 0 unspecified atom stereocenters. The fourth-order valence-corrected chi connectivity index (χ4v) is 2.05. The van der Waals surface area contributed by atoms with Gasteiger partial charge in [0.05, 0.1) is 19.3 Å². The van der Waals surface area contributed by atoms with Crippen LogP contribution in [0, 0.1) is 13.8 Å². The first-order chi connectivity index (χ1) is 8.52. The lowest BCUT2D eigenvalue weighted by Gasteiger charge is -2.08. The number of anilines is 1. The Morgan fingerprint density at radius 1 is 1.39 bits per heavy atom. The van der Waals surface area contributed by atoms with Gasteiger partial charge in [0.25, 0.3) is 0 Å². The lowest BCUT2D eigenvalue weighted by Crippen LogP contribution is -2.06. The summed E-state index contributed by atoms with van der Waals surface area (Å²) in [5.41, 5.74) is 8.84. The Bertz CT molecular complexity index is 578. The number of nitrogens with zero attached hydrogens (tertiary/aromatic N) is 2. The van der Waals surface area contributed by atoms with E-state index < -0.39 is 0 Å². The highest BCUT2D eigenvalue weighted by atomic mass is 35.5. The molecule has 2 aromatic rings. The zero-order valence-corrected chi connectivity index (χ0v) is 11.5. The van der Waals surface area contributed by atoms with Crippen LogP contribution in [0.25, 0.3) is 0 Å². The van der Waals surface area contributed by atoms with Crippen LogP contribution in [-0.4, -0.2) is 16.9 Å². The first-order valence-corrected chi connectivity index (χ1v) is 6.02. The summed E-state index contributed by atoms with van der Waals surface area (Å²) in [7, 11) is 1.66. The van der Waals surface area contributed by atoms with Crippen molar-refractivity contribution in [2.75, 3.05) is 12.8 Å². The number of hydrogen-bond acceptors (Lipinski definition) is 3. The number of nitrogens with two attached hydrogens (primary N) is 1. The number of nitrogen functional groups attached to an aromatic ring is 1. The molecule has 0 fully saturated rings. The molecule has 0 bridgehead atoms. The van der Waals surface area contributed by atoms with Crippen molar-refractivity contribution >= 4 is 17.4 Å². The van der Waals surface area contributed by atoms with Gasteiger partial charge in [-0.15, -0.1) is 0 Å². The molecule has 1 aromatic carbocycles. The molecule has 0 aliphatic carbocycles. The minimum absolute atomic E-state index is 0.502. The van der Waals surface area contributed by atoms with Gasteiger partial charge in [0.1, 0.15) is 16.6 Å². The SMILES string of the molecule is COc1ccc(Cn2nc(C)c(Cl)c2N)cc1C. The fourth-order valence-electron chi connectivity index (χ4n) is 1.91. The Balaban J connectivity index is 2.28. The first kappa shape index (κ1) is 12.8. The summed E-state index contributed by atoms with van der Waals surface area (Å²) in [5.74, 6) is 1.38. The Hall–Kier alpha value is -1.68. The number of aryl methyl sites for hydroxylation is 2. The second-order valence-electron chi connectivity index (χ2n) is 4.25. The van der Waals surface area contributed by atoms with Gasteiger partial charge in [0, 0.05) is 0 Å². The predicted octanol–water partition coefficient (Wildman–Crippen LogP) is 2.79. The van der Waals surface area contributed by atoms with Crippen LogP contribution in [0.3, 0.4) is 0 Å². The first-order valence-electron chi connectivity index (χ1n) is 5.65. The van der Waals surface area contributed by atoms with Gasteiger partial charge in [-0.25, -0.2) is 4.68 Å². The largest absolute Gasteiger partial charge is 0.496 e. The van der Waals surface area contributed by atoms with Crippen LogP contribution in [0.1, 0.15) is 16.8 Å². The van der Waals surface area contributed by atoms with E-state index in [1.54, 1.807) is 11.8 Å². The highest BCUT2D eigenvalue weighted by Gasteiger charge is 2.10. The standard InChI is InChI=1S/C13H16ClN3O/c1-8-6-10(4-5-11(8)18-3)7-17-13(15)12(14)9(2)16-17/h4-6H,7,15H2,1-3H3. The number of benzene rings is 1. The smallest absolute Gasteiger partial charge is 0.141 e. The number of aromatic nitrogens is 2. The highest BCUT2D eigenvalue weighted by molar-refractivity contribution is 6.33. The minimum Gasteiger partial charge on any atom is -0.496 e. The number of hydrogen-bond donors (Lipinski definition) is 1. The summed E-state index contributed by atoms with van der Waals surface area (Å²) in [6.07, 6.45) is 0. The van der Waals surface area contributed by atoms with Crippen molar-refractivity contribution in [2.45, 2.75) is 20.4 Å². The van der Waals surface area contributed by atoms with Gasteiger partial charge in [-0.1, -0.05) is 23.7 Å². The second-order valence-corrected chi connectivity index (χ2v) is 4.62. The normalized spacial score (nSPS) is 10.7. The maximum Gasteiger partial charge on any atom is 0.141 e. The van der Waals surface area contributed by atoms with Gasteiger partial charge in [-0.2, -0.15) is 5.10 Å². The van der Waals surface area contributed by atoms with E-state index in [4.69, 9.17) is 22.1 Å². The maximum atomic E-state index is 6.02.